The van der Waals surface area contributed by atoms with Crippen LogP contribution in [0.3, 0.4) is 0 Å². The number of carbonyl (C=O) groups is 1. The predicted molar refractivity (Wildman–Crippen MR) is 40.2 cm³/mol. The standard InChI is InChI=1S/C8H14O3/c1-7(2,6(9)10)8(11)4-3-5-8/h11H,3-5H2,1-2H3,(H,9,10). The minimum atomic E-state index is -0.995. The van der Waals surface area contributed by atoms with Crippen LogP contribution in [-0.4, -0.2) is 21.8 Å². The molecule has 0 atom stereocenters. The van der Waals surface area contributed by atoms with E-state index in [-0.39, 0.29) is 0 Å². The summed E-state index contributed by atoms with van der Waals surface area (Å²) in [5, 5.41) is 18.5. The third-order valence-electron chi connectivity index (χ3n) is 2.88. The molecule has 0 radical (unpaired) electrons. The topological polar surface area (TPSA) is 57.5 Å². The fourth-order valence-electron chi connectivity index (χ4n) is 1.34. The molecule has 0 amide bonds. The van der Waals surface area contributed by atoms with Gasteiger partial charge in [-0.25, -0.2) is 0 Å². The van der Waals surface area contributed by atoms with Crippen molar-refractivity contribution in [3.8, 4) is 0 Å². The smallest absolute Gasteiger partial charge is 0.312 e. The van der Waals surface area contributed by atoms with Gasteiger partial charge in [0.1, 0.15) is 0 Å². The molecule has 64 valence electrons. The van der Waals surface area contributed by atoms with E-state index in [4.69, 9.17) is 5.11 Å². The lowest BCUT2D eigenvalue weighted by Crippen LogP contribution is -2.54. The number of aliphatic carboxylic acids is 1. The molecule has 3 nitrogen and oxygen atoms in total. The zero-order valence-electron chi connectivity index (χ0n) is 6.92. The SMILES string of the molecule is CC(C)(C(=O)O)C1(O)CCC1. The van der Waals surface area contributed by atoms with Gasteiger partial charge in [-0.2, -0.15) is 0 Å². The number of rotatable bonds is 2. The van der Waals surface area contributed by atoms with Crippen LogP contribution in [0.25, 0.3) is 0 Å². The summed E-state index contributed by atoms with van der Waals surface area (Å²) in [6.45, 7) is 3.16. The van der Waals surface area contributed by atoms with Crippen LogP contribution in [0, 0.1) is 5.41 Å². The van der Waals surface area contributed by atoms with E-state index in [1.165, 1.54) is 0 Å². The summed E-state index contributed by atoms with van der Waals surface area (Å²) in [7, 11) is 0. The van der Waals surface area contributed by atoms with Crippen molar-refractivity contribution >= 4 is 5.97 Å². The van der Waals surface area contributed by atoms with Crippen LogP contribution in [0.5, 0.6) is 0 Å². The first-order chi connectivity index (χ1) is 4.90. The van der Waals surface area contributed by atoms with E-state index in [9.17, 15) is 9.90 Å². The fraction of sp³-hybridized carbons (Fsp3) is 0.875. The summed E-state index contributed by atoms with van der Waals surface area (Å²) in [6.07, 6.45) is 2.17. The van der Waals surface area contributed by atoms with Crippen LogP contribution in [0.2, 0.25) is 0 Å². The molecule has 11 heavy (non-hydrogen) atoms. The van der Waals surface area contributed by atoms with Gasteiger partial charge in [-0.3, -0.25) is 4.79 Å². The Balaban J connectivity index is 2.78. The van der Waals surface area contributed by atoms with Gasteiger partial charge in [0.2, 0.25) is 0 Å². The highest BCUT2D eigenvalue weighted by molar-refractivity contribution is 5.75. The largest absolute Gasteiger partial charge is 0.481 e. The van der Waals surface area contributed by atoms with Crippen molar-refractivity contribution in [3.63, 3.8) is 0 Å². The Bertz CT molecular complexity index is 180. The normalized spacial score (nSPS) is 22.5. The predicted octanol–water partition coefficient (Wildman–Crippen LogP) is 1.01. The average Bonchev–Trinajstić information content (AvgIpc) is 1.82. The van der Waals surface area contributed by atoms with Crippen LogP contribution in [-0.2, 0) is 4.79 Å². The molecule has 1 saturated carbocycles. The Morgan fingerprint density at radius 1 is 1.45 bits per heavy atom. The Labute approximate surface area is 66.0 Å². The number of hydrogen-bond donors (Lipinski definition) is 2. The van der Waals surface area contributed by atoms with Gasteiger partial charge >= 0.3 is 5.97 Å². The molecule has 0 bridgehead atoms. The lowest BCUT2D eigenvalue weighted by Gasteiger charge is -2.46. The van der Waals surface area contributed by atoms with Gasteiger partial charge in [0.25, 0.3) is 0 Å². The molecule has 0 aromatic rings. The second kappa shape index (κ2) is 2.21. The zero-order valence-corrected chi connectivity index (χ0v) is 6.92. The Hall–Kier alpha value is -0.570. The maximum Gasteiger partial charge on any atom is 0.312 e. The summed E-state index contributed by atoms with van der Waals surface area (Å²) in [5.41, 5.74) is -1.95. The maximum absolute atomic E-state index is 10.7. The van der Waals surface area contributed by atoms with E-state index in [0.29, 0.717) is 12.8 Å². The highest BCUT2D eigenvalue weighted by Gasteiger charge is 2.52. The van der Waals surface area contributed by atoms with Gasteiger partial charge < -0.3 is 10.2 Å². The summed E-state index contributed by atoms with van der Waals surface area (Å²) in [5.74, 6) is -0.917. The van der Waals surface area contributed by atoms with Crippen molar-refractivity contribution in [2.24, 2.45) is 5.41 Å². The molecular formula is C8H14O3. The van der Waals surface area contributed by atoms with E-state index in [2.05, 4.69) is 0 Å². The van der Waals surface area contributed by atoms with Crippen molar-refractivity contribution in [3.05, 3.63) is 0 Å². The highest BCUT2D eigenvalue weighted by atomic mass is 16.4. The molecule has 1 rings (SSSR count). The Kier molecular flexibility index (Phi) is 1.71. The maximum atomic E-state index is 10.7. The number of hydrogen-bond acceptors (Lipinski definition) is 2. The molecule has 2 N–H and O–H groups in total. The first-order valence-corrected chi connectivity index (χ1v) is 3.86. The summed E-state index contributed by atoms with van der Waals surface area (Å²) in [4.78, 5) is 10.7. The fourth-order valence-corrected chi connectivity index (χ4v) is 1.34. The molecule has 0 aromatic heterocycles. The second-order valence-corrected chi connectivity index (χ2v) is 3.82. The van der Waals surface area contributed by atoms with Crippen LogP contribution in [0.1, 0.15) is 33.1 Å². The number of aliphatic hydroxyl groups is 1. The van der Waals surface area contributed by atoms with Gasteiger partial charge in [0, 0.05) is 0 Å². The van der Waals surface area contributed by atoms with Crippen LogP contribution >= 0.6 is 0 Å². The van der Waals surface area contributed by atoms with Gasteiger partial charge in [0.05, 0.1) is 11.0 Å². The highest BCUT2D eigenvalue weighted by Crippen LogP contribution is 2.45. The van der Waals surface area contributed by atoms with Crippen molar-refractivity contribution in [1.29, 1.82) is 0 Å². The molecule has 0 spiro atoms. The number of carboxylic acids is 1. The molecule has 0 aliphatic heterocycles. The van der Waals surface area contributed by atoms with Crippen LogP contribution < -0.4 is 0 Å². The molecule has 0 heterocycles. The van der Waals surface area contributed by atoms with E-state index >= 15 is 0 Å². The van der Waals surface area contributed by atoms with E-state index in [1.807, 2.05) is 0 Å². The Morgan fingerprint density at radius 2 is 1.91 bits per heavy atom. The van der Waals surface area contributed by atoms with Gasteiger partial charge in [-0.1, -0.05) is 0 Å². The van der Waals surface area contributed by atoms with Crippen molar-refractivity contribution in [1.82, 2.24) is 0 Å². The lowest BCUT2D eigenvalue weighted by atomic mass is 9.63. The van der Waals surface area contributed by atoms with E-state index in [1.54, 1.807) is 13.8 Å². The molecule has 3 heteroatoms. The molecule has 1 fully saturated rings. The molecule has 0 aromatic carbocycles. The van der Waals surface area contributed by atoms with Crippen molar-refractivity contribution < 1.29 is 15.0 Å². The van der Waals surface area contributed by atoms with Gasteiger partial charge in [-0.05, 0) is 33.1 Å². The number of carboxylic acid groups (broad SMARTS) is 1. The summed E-state index contributed by atoms with van der Waals surface area (Å²) < 4.78 is 0. The third kappa shape index (κ3) is 1.03. The minimum Gasteiger partial charge on any atom is -0.481 e. The minimum absolute atomic E-state index is 0.617. The monoisotopic (exact) mass is 158 g/mol. The quantitative estimate of drug-likeness (QED) is 0.630. The van der Waals surface area contributed by atoms with E-state index in [0.717, 1.165) is 6.42 Å². The van der Waals surface area contributed by atoms with Crippen molar-refractivity contribution in [2.75, 3.05) is 0 Å². The van der Waals surface area contributed by atoms with Crippen LogP contribution in [0.4, 0.5) is 0 Å². The van der Waals surface area contributed by atoms with Crippen molar-refractivity contribution in [2.45, 2.75) is 38.7 Å². The average molecular weight is 158 g/mol. The first-order valence-electron chi connectivity index (χ1n) is 3.86. The summed E-state index contributed by atoms with van der Waals surface area (Å²) in [6, 6.07) is 0. The molecule has 1 aliphatic rings. The second-order valence-electron chi connectivity index (χ2n) is 3.82. The first kappa shape index (κ1) is 8.53. The van der Waals surface area contributed by atoms with E-state index < -0.39 is 17.0 Å². The molecule has 0 saturated heterocycles. The Morgan fingerprint density at radius 3 is 2.00 bits per heavy atom. The zero-order chi connectivity index (χ0) is 8.70. The molecular weight excluding hydrogens is 144 g/mol. The van der Waals surface area contributed by atoms with Gasteiger partial charge in [-0.15, -0.1) is 0 Å². The van der Waals surface area contributed by atoms with Gasteiger partial charge in [0.15, 0.2) is 0 Å². The molecule has 0 unspecified atom stereocenters. The lowest BCUT2D eigenvalue weighted by molar-refractivity contribution is -0.177. The third-order valence-corrected chi connectivity index (χ3v) is 2.88. The van der Waals surface area contributed by atoms with Crippen LogP contribution in [0.15, 0.2) is 0 Å². The molecule has 1 aliphatic carbocycles. The summed E-state index contributed by atoms with van der Waals surface area (Å²) >= 11 is 0.